The third-order valence-corrected chi connectivity index (χ3v) is 3.32. The third-order valence-electron chi connectivity index (χ3n) is 2.83. The Morgan fingerprint density at radius 1 is 1.00 bits per heavy atom. The van der Waals surface area contributed by atoms with Crippen molar-refractivity contribution in [2.24, 2.45) is 0 Å². The van der Waals surface area contributed by atoms with E-state index >= 15 is 0 Å². The van der Waals surface area contributed by atoms with E-state index in [1.807, 2.05) is 30.3 Å². The molecule has 88 valence electrons. The first kappa shape index (κ1) is 11.4. The lowest BCUT2D eigenvalue weighted by Gasteiger charge is -2.05. The van der Waals surface area contributed by atoms with Gasteiger partial charge < -0.3 is 0 Å². The minimum atomic E-state index is -0.228. The number of hydrogen-bond acceptors (Lipinski definition) is 1. The Hall–Kier alpha value is -1.74. The molecule has 3 rings (SSSR count). The van der Waals surface area contributed by atoms with Crippen molar-refractivity contribution in [3.63, 3.8) is 0 Å². The fourth-order valence-electron chi connectivity index (χ4n) is 1.95. The van der Waals surface area contributed by atoms with Gasteiger partial charge in [0.1, 0.15) is 5.82 Å². The molecule has 2 aromatic carbocycles. The lowest BCUT2D eigenvalue weighted by Crippen LogP contribution is -1.86. The molecule has 0 aliphatic heterocycles. The maximum atomic E-state index is 13.7. The molecule has 0 saturated carbocycles. The molecule has 0 saturated heterocycles. The Kier molecular flexibility index (Phi) is 2.84. The van der Waals surface area contributed by atoms with Gasteiger partial charge in [0.25, 0.3) is 0 Å². The van der Waals surface area contributed by atoms with E-state index in [0.717, 1.165) is 20.9 Å². The maximum Gasteiger partial charge on any atom is 0.131 e. The van der Waals surface area contributed by atoms with Crippen molar-refractivity contribution in [2.75, 3.05) is 0 Å². The fourth-order valence-corrected chi connectivity index (χ4v) is 2.32. The molecule has 0 fully saturated rings. The van der Waals surface area contributed by atoms with Gasteiger partial charge in [0.15, 0.2) is 0 Å². The van der Waals surface area contributed by atoms with Crippen LogP contribution in [0.2, 0.25) is 0 Å². The Morgan fingerprint density at radius 3 is 2.67 bits per heavy atom. The number of hydrogen-bond donors (Lipinski definition) is 0. The number of pyridine rings is 1. The van der Waals surface area contributed by atoms with Gasteiger partial charge in [-0.1, -0.05) is 34.1 Å². The van der Waals surface area contributed by atoms with Gasteiger partial charge in [-0.25, -0.2) is 4.39 Å². The molecule has 0 bridgehead atoms. The average Bonchev–Trinajstić information content (AvgIpc) is 2.38. The average molecular weight is 302 g/mol. The van der Waals surface area contributed by atoms with E-state index < -0.39 is 0 Å². The van der Waals surface area contributed by atoms with E-state index in [1.165, 1.54) is 6.07 Å². The zero-order chi connectivity index (χ0) is 12.5. The van der Waals surface area contributed by atoms with Gasteiger partial charge in [0, 0.05) is 27.2 Å². The summed E-state index contributed by atoms with van der Waals surface area (Å²) < 4.78 is 14.7. The molecule has 0 radical (unpaired) electrons. The first-order chi connectivity index (χ1) is 8.74. The summed E-state index contributed by atoms with van der Waals surface area (Å²) in [6, 6.07) is 14.5. The van der Waals surface area contributed by atoms with Crippen molar-refractivity contribution in [3.05, 3.63) is 65.0 Å². The van der Waals surface area contributed by atoms with Crippen LogP contribution >= 0.6 is 15.9 Å². The summed E-state index contributed by atoms with van der Waals surface area (Å²) in [5.41, 5.74) is 2.27. The maximum absolute atomic E-state index is 13.7. The number of rotatable bonds is 1. The number of halogens is 2. The van der Waals surface area contributed by atoms with Crippen LogP contribution in [-0.4, -0.2) is 4.98 Å². The van der Waals surface area contributed by atoms with Gasteiger partial charge >= 0.3 is 0 Å². The lowest BCUT2D eigenvalue weighted by molar-refractivity contribution is 0.631. The van der Waals surface area contributed by atoms with Gasteiger partial charge in [0.05, 0.1) is 5.52 Å². The summed E-state index contributed by atoms with van der Waals surface area (Å²) >= 11 is 3.43. The van der Waals surface area contributed by atoms with Crippen LogP contribution in [0.4, 0.5) is 4.39 Å². The van der Waals surface area contributed by atoms with Crippen LogP contribution < -0.4 is 0 Å². The third kappa shape index (κ3) is 2.02. The van der Waals surface area contributed by atoms with Crippen LogP contribution in [0.15, 0.2) is 59.2 Å². The normalized spacial score (nSPS) is 10.8. The van der Waals surface area contributed by atoms with E-state index in [9.17, 15) is 4.39 Å². The van der Waals surface area contributed by atoms with Crippen molar-refractivity contribution >= 4 is 26.8 Å². The van der Waals surface area contributed by atoms with Gasteiger partial charge in [-0.15, -0.1) is 0 Å². The molecule has 0 aliphatic carbocycles. The molecule has 18 heavy (non-hydrogen) atoms. The predicted octanol–water partition coefficient (Wildman–Crippen LogP) is 4.80. The minimum Gasteiger partial charge on any atom is -0.256 e. The molecule has 1 heterocycles. The van der Waals surface area contributed by atoms with E-state index in [2.05, 4.69) is 20.9 Å². The molecule has 0 N–H and O–H groups in total. The van der Waals surface area contributed by atoms with Crippen LogP contribution in [0, 0.1) is 5.82 Å². The van der Waals surface area contributed by atoms with Gasteiger partial charge in [-0.05, 0) is 30.3 Å². The number of nitrogens with zero attached hydrogens (tertiary/aromatic N) is 1. The van der Waals surface area contributed by atoms with Crippen molar-refractivity contribution in [1.82, 2.24) is 4.98 Å². The molecule has 3 aromatic rings. The van der Waals surface area contributed by atoms with Crippen molar-refractivity contribution in [2.45, 2.75) is 0 Å². The molecule has 0 amide bonds. The van der Waals surface area contributed by atoms with Crippen LogP contribution in [0.1, 0.15) is 0 Å². The number of fused-ring (bicyclic) bond motifs is 1. The highest BCUT2D eigenvalue weighted by atomic mass is 79.9. The molecular formula is C15H9BrFN. The molecule has 1 nitrogen and oxygen atoms in total. The van der Waals surface area contributed by atoms with Crippen molar-refractivity contribution in [1.29, 1.82) is 0 Å². The second kappa shape index (κ2) is 4.50. The molecule has 1 aromatic heterocycles. The standard InChI is InChI=1S/C15H9BrFN/c16-12-5-6-15-10(8-12)7-11(9-18-15)13-3-1-2-4-14(13)17/h1-9H. The fraction of sp³-hybridized carbons (Fsp3) is 0. The van der Waals surface area contributed by atoms with Crippen LogP contribution in [0.3, 0.4) is 0 Å². The molecule has 0 spiro atoms. The summed E-state index contributed by atoms with van der Waals surface area (Å²) in [5, 5.41) is 0.991. The van der Waals surface area contributed by atoms with E-state index in [-0.39, 0.29) is 5.82 Å². The second-order valence-electron chi connectivity index (χ2n) is 4.04. The quantitative estimate of drug-likeness (QED) is 0.629. The smallest absolute Gasteiger partial charge is 0.131 e. The zero-order valence-electron chi connectivity index (χ0n) is 9.40. The Morgan fingerprint density at radius 2 is 1.83 bits per heavy atom. The highest BCUT2D eigenvalue weighted by molar-refractivity contribution is 9.10. The SMILES string of the molecule is Fc1ccccc1-c1cnc2ccc(Br)cc2c1. The largest absolute Gasteiger partial charge is 0.256 e. The summed E-state index contributed by atoms with van der Waals surface area (Å²) in [6.45, 7) is 0. The van der Waals surface area contributed by atoms with Gasteiger partial charge in [0.2, 0.25) is 0 Å². The molecule has 0 unspecified atom stereocenters. The summed E-state index contributed by atoms with van der Waals surface area (Å²) in [4.78, 5) is 4.35. The Bertz CT molecular complexity index is 725. The van der Waals surface area contributed by atoms with Crippen LogP contribution in [0.25, 0.3) is 22.0 Å². The van der Waals surface area contributed by atoms with Crippen molar-refractivity contribution < 1.29 is 4.39 Å². The number of aromatic nitrogens is 1. The molecule has 0 atom stereocenters. The molecule has 3 heteroatoms. The van der Waals surface area contributed by atoms with E-state index in [1.54, 1.807) is 18.3 Å². The monoisotopic (exact) mass is 301 g/mol. The minimum absolute atomic E-state index is 0.228. The lowest BCUT2D eigenvalue weighted by atomic mass is 10.1. The van der Waals surface area contributed by atoms with E-state index in [0.29, 0.717) is 5.56 Å². The first-order valence-corrected chi connectivity index (χ1v) is 6.33. The highest BCUT2D eigenvalue weighted by Gasteiger charge is 2.05. The number of benzene rings is 2. The topological polar surface area (TPSA) is 12.9 Å². The summed E-state index contributed by atoms with van der Waals surface area (Å²) in [7, 11) is 0. The Labute approximate surface area is 112 Å². The highest BCUT2D eigenvalue weighted by Crippen LogP contribution is 2.26. The van der Waals surface area contributed by atoms with Crippen LogP contribution in [-0.2, 0) is 0 Å². The molecule has 0 aliphatic rings. The second-order valence-corrected chi connectivity index (χ2v) is 4.96. The Balaban J connectivity index is 2.22. The van der Waals surface area contributed by atoms with Crippen LogP contribution in [0.5, 0.6) is 0 Å². The van der Waals surface area contributed by atoms with Crippen molar-refractivity contribution in [3.8, 4) is 11.1 Å². The van der Waals surface area contributed by atoms with Gasteiger partial charge in [-0.2, -0.15) is 0 Å². The molecular weight excluding hydrogens is 293 g/mol. The predicted molar refractivity (Wildman–Crippen MR) is 74.8 cm³/mol. The van der Waals surface area contributed by atoms with E-state index in [4.69, 9.17) is 0 Å². The first-order valence-electron chi connectivity index (χ1n) is 5.54. The van der Waals surface area contributed by atoms with Gasteiger partial charge in [-0.3, -0.25) is 4.98 Å². The zero-order valence-corrected chi connectivity index (χ0v) is 11.0. The summed E-state index contributed by atoms with van der Waals surface area (Å²) in [6.07, 6.45) is 1.70. The summed E-state index contributed by atoms with van der Waals surface area (Å²) in [5.74, 6) is -0.228.